The molecule has 0 aliphatic heterocycles. The van der Waals surface area contributed by atoms with E-state index in [9.17, 15) is 14.5 Å². The number of nitrogens with two attached hydrogens (primary N) is 1. The number of rotatable bonds is 3. The number of hydrogen-bond acceptors (Lipinski definition) is 5. The molecule has 0 atom stereocenters. The Bertz CT molecular complexity index is 646. The number of anilines is 1. The van der Waals surface area contributed by atoms with E-state index in [0.717, 1.165) is 23.8 Å². The summed E-state index contributed by atoms with van der Waals surface area (Å²) < 4.78 is 18.8. The number of nitro groups is 1. The Hall–Kier alpha value is -2.70. The molecule has 6 nitrogen and oxygen atoms in total. The lowest BCUT2D eigenvalue weighted by molar-refractivity contribution is -0.385. The molecule has 0 fully saturated rings. The van der Waals surface area contributed by atoms with E-state index in [-0.39, 0.29) is 23.0 Å². The fourth-order valence-corrected chi connectivity index (χ4v) is 1.45. The predicted molar refractivity (Wildman–Crippen MR) is 66.5 cm³/mol. The predicted octanol–water partition coefficient (Wildman–Crippen LogP) is 2.81. The van der Waals surface area contributed by atoms with E-state index in [2.05, 4.69) is 4.98 Å². The summed E-state index contributed by atoms with van der Waals surface area (Å²) >= 11 is 0. The van der Waals surface area contributed by atoms with Gasteiger partial charge in [0.25, 0.3) is 5.69 Å². The van der Waals surface area contributed by atoms with Gasteiger partial charge in [-0.25, -0.2) is 9.37 Å². The number of aryl methyl sites for hydroxylation is 1. The monoisotopic (exact) mass is 263 g/mol. The highest BCUT2D eigenvalue weighted by molar-refractivity contribution is 5.51. The molecule has 0 saturated carbocycles. The summed E-state index contributed by atoms with van der Waals surface area (Å²) in [5.74, 6) is -0.969. The lowest BCUT2D eigenvalue weighted by atomic mass is 10.3. The van der Waals surface area contributed by atoms with E-state index < -0.39 is 10.7 Å². The number of halogens is 1. The van der Waals surface area contributed by atoms with Crippen molar-refractivity contribution >= 4 is 11.4 Å². The second-order valence-electron chi connectivity index (χ2n) is 3.88. The topological polar surface area (TPSA) is 91.3 Å². The van der Waals surface area contributed by atoms with Crippen molar-refractivity contribution < 1.29 is 14.1 Å². The fraction of sp³-hybridized carbons (Fsp3) is 0.0833. The zero-order valence-electron chi connectivity index (χ0n) is 9.96. The van der Waals surface area contributed by atoms with Crippen LogP contribution in [-0.2, 0) is 0 Å². The number of benzene rings is 1. The van der Waals surface area contributed by atoms with Crippen LogP contribution < -0.4 is 10.5 Å². The quantitative estimate of drug-likeness (QED) is 0.679. The maximum absolute atomic E-state index is 13.6. The molecule has 0 radical (unpaired) electrons. The van der Waals surface area contributed by atoms with Crippen LogP contribution in [0.3, 0.4) is 0 Å². The smallest absolute Gasteiger partial charge is 0.272 e. The van der Waals surface area contributed by atoms with Gasteiger partial charge in [0.2, 0.25) is 5.88 Å². The number of hydrogen-bond donors (Lipinski definition) is 1. The zero-order valence-corrected chi connectivity index (χ0v) is 9.96. The molecule has 2 N–H and O–H groups in total. The third kappa shape index (κ3) is 2.76. The lowest BCUT2D eigenvalue weighted by Crippen LogP contribution is -1.98. The number of nitrogens with zero attached hydrogens (tertiary/aromatic N) is 2. The molecule has 19 heavy (non-hydrogen) atoms. The molecule has 1 aromatic heterocycles. The fourth-order valence-electron chi connectivity index (χ4n) is 1.45. The molecule has 98 valence electrons. The van der Waals surface area contributed by atoms with Crippen molar-refractivity contribution in [2.24, 2.45) is 0 Å². The van der Waals surface area contributed by atoms with Crippen molar-refractivity contribution in [3.05, 3.63) is 52.0 Å². The summed E-state index contributed by atoms with van der Waals surface area (Å²) in [4.78, 5) is 13.7. The Labute approximate surface area is 107 Å². The van der Waals surface area contributed by atoms with Crippen LogP contribution in [-0.4, -0.2) is 9.91 Å². The highest BCUT2D eigenvalue weighted by Crippen LogP contribution is 2.29. The minimum atomic E-state index is -0.851. The first-order valence-electron chi connectivity index (χ1n) is 5.31. The molecule has 1 aromatic carbocycles. The van der Waals surface area contributed by atoms with Gasteiger partial charge in [0.15, 0.2) is 11.6 Å². The van der Waals surface area contributed by atoms with Gasteiger partial charge in [0, 0.05) is 12.3 Å². The minimum Gasteiger partial charge on any atom is -0.434 e. The van der Waals surface area contributed by atoms with Crippen molar-refractivity contribution in [2.75, 3.05) is 5.73 Å². The van der Waals surface area contributed by atoms with E-state index in [4.69, 9.17) is 10.5 Å². The van der Waals surface area contributed by atoms with Crippen molar-refractivity contribution in [3.63, 3.8) is 0 Å². The minimum absolute atomic E-state index is 0.0540. The summed E-state index contributed by atoms with van der Waals surface area (Å²) in [6, 6.07) is 4.71. The van der Waals surface area contributed by atoms with Crippen LogP contribution >= 0.6 is 0 Å². The summed E-state index contributed by atoms with van der Waals surface area (Å²) in [6.45, 7) is 1.81. The number of aromatic nitrogens is 1. The van der Waals surface area contributed by atoms with Crippen LogP contribution in [0.5, 0.6) is 11.6 Å². The van der Waals surface area contributed by atoms with Crippen LogP contribution in [0.15, 0.2) is 30.5 Å². The van der Waals surface area contributed by atoms with Gasteiger partial charge < -0.3 is 10.5 Å². The standard InChI is InChI=1S/C12H10FN3O3/c1-7-4-10(14)12(15-6-7)19-11-3-2-8(16(17)18)5-9(11)13/h2-6H,14H2,1H3. The second-order valence-corrected chi connectivity index (χ2v) is 3.88. The van der Waals surface area contributed by atoms with Crippen molar-refractivity contribution in [1.29, 1.82) is 0 Å². The van der Waals surface area contributed by atoms with Crippen molar-refractivity contribution in [3.8, 4) is 11.6 Å². The van der Waals surface area contributed by atoms with E-state index >= 15 is 0 Å². The molecule has 0 aliphatic carbocycles. The first-order valence-corrected chi connectivity index (χ1v) is 5.31. The molecule has 0 unspecified atom stereocenters. The Balaban J connectivity index is 2.31. The van der Waals surface area contributed by atoms with Crippen molar-refractivity contribution in [1.82, 2.24) is 4.98 Å². The van der Waals surface area contributed by atoms with Gasteiger partial charge in [-0.05, 0) is 24.6 Å². The largest absolute Gasteiger partial charge is 0.434 e. The van der Waals surface area contributed by atoms with Gasteiger partial charge in [-0.15, -0.1) is 0 Å². The molecule has 0 aliphatic rings. The maximum atomic E-state index is 13.6. The number of non-ortho nitro benzene ring substituents is 1. The lowest BCUT2D eigenvalue weighted by Gasteiger charge is -2.08. The molecule has 2 rings (SSSR count). The number of nitro benzene ring substituents is 1. The van der Waals surface area contributed by atoms with E-state index in [1.165, 1.54) is 6.20 Å². The molecular formula is C12H10FN3O3. The SMILES string of the molecule is Cc1cnc(Oc2ccc([N+](=O)[O-])cc2F)c(N)c1. The van der Waals surface area contributed by atoms with Gasteiger partial charge in [0.05, 0.1) is 16.7 Å². The Morgan fingerprint density at radius 3 is 2.74 bits per heavy atom. The van der Waals surface area contributed by atoms with Crippen molar-refractivity contribution in [2.45, 2.75) is 6.92 Å². The molecule has 0 spiro atoms. The van der Waals surface area contributed by atoms with Gasteiger partial charge in [-0.1, -0.05) is 0 Å². The third-order valence-corrected chi connectivity index (χ3v) is 2.35. The molecule has 2 aromatic rings. The zero-order chi connectivity index (χ0) is 14.0. The number of pyridine rings is 1. The first kappa shape index (κ1) is 12.7. The average Bonchev–Trinajstić information content (AvgIpc) is 2.34. The highest BCUT2D eigenvalue weighted by atomic mass is 19.1. The first-order chi connectivity index (χ1) is 8.97. The van der Waals surface area contributed by atoms with E-state index in [0.29, 0.717) is 0 Å². The molecule has 0 saturated heterocycles. The van der Waals surface area contributed by atoms with Gasteiger partial charge in [-0.3, -0.25) is 10.1 Å². The average molecular weight is 263 g/mol. The van der Waals surface area contributed by atoms with Gasteiger partial charge in [0.1, 0.15) is 0 Å². The molecule has 0 bridgehead atoms. The normalized spacial score (nSPS) is 10.2. The van der Waals surface area contributed by atoms with Crippen LogP contribution in [0.1, 0.15) is 5.56 Å². The van der Waals surface area contributed by atoms with Gasteiger partial charge >= 0.3 is 0 Å². The summed E-state index contributed by atoms with van der Waals surface area (Å²) in [6.07, 6.45) is 1.52. The van der Waals surface area contributed by atoms with Gasteiger partial charge in [-0.2, -0.15) is 0 Å². The summed E-state index contributed by atoms with van der Waals surface area (Å²) in [5, 5.41) is 10.5. The van der Waals surface area contributed by atoms with Crippen LogP contribution in [0.4, 0.5) is 15.8 Å². The second kappa shape index (κ2) is 4.89. The van der Waals surface area contributed by atoms with Crippen LogP contribution in [0.2, 0.25) is 0 Å². The Morgan fingerprint density at radius 2 is 2.16 bits per heavy atom. The molecule has 1 heterocycles. The Morgan fingerprint density at radius 1 is 1.42 bits per heavy atom. The van der Waals surface area contributed by atoms with E-state index in [1.807, 2.05) is 0 Å². The highest BCUT2D eigenvalue weighted by Gasteiger charge is 2.13. The maximum Gasteiger partial charge on any atom is 0.272 e. The molecule has 0 amide bonds. The Kier molecular flexibility index (Phi) is 3.28. The summed E-state index contributed by atoms with van der Waals surface area (Å²) in [7, 11) is 0. The van der Waals surface area contributed by atoms with E-state index in [1.54, 1.807) is 13.0 Å². The number of nitrogen functional groups attached to an aromatic ring is 1. The molecular weight excluding hydrogens is 253 g/mol. The van der Waals surface area contributed by atoms with Crippen LogP contribution in [0, 0.1) is 22.9 Å². The molecule has 7 heteroatoms. The summed E-state index contributed by atoms with van der Waals surface area (Å²) in [5.41, 5.74) is 6.43. The number of ether oxygens (including phenoxy) is 1. The van der Waals surface area contributed by atoms with Crippen LogP contribution in [0.25, 0.3) is 0 Å². The third-order valence-electron chi connectivity index (χ3n) is 2.35.